The van der Waals surface area contributed by atoms with Gasteiger partial charge in [-0.15, -0.1) is 0 Å². The molecular weight excluding hydrogens is 338 g/mol. The van der Waals surface area contributed by atoms with E-state index in [1.54, 1.807) is 0 Å². The molecule has 0 saturated carbocycles. The standard InChI is InChI=1S/C17H29NO2.C2H2O4/c1-14-13-15(17(2,3)4)7-8-16(14)20-12-11-19-10-9-18(5)6;3-1(4)2(5)6/h7-8,13H,9-12H2,1-6H3;(H,3,4)(H,5,6). The highest BCUT2D eigenvalue weighted by Gasteiger charge is 2.14. The summed E-state index contributed by atoms with van der Waals surface area (Å²) in [6.45, 7) is 11.7. The quantitative estimate of drug-likeness (QED) is 0.563. The van der Waals surface area contributed by atoms with Gasteiger partial charge in [-0.1, -0.05) is 32.9 Å². The first-order chi connectivity index (χ1) is 11.9. The van der Waals surface area contributed by atoms with Gasteiger partial charge in [-0.3, -0.25) is 0 Å². The number of likely N-dealkylation sites (N-methyl/N-ethyl adjacent to an activating group) is 1. The predicted molar refractivity (Wildman–Crippen MR) is 100 cm³/mol. The average Bonchev–Trinajstić information content (AvgIpc) is 2.51. The normalized spacial score (nSPS) is 10.9. The summed E-state index contributed by atoms with van der Waals surface area (Å²) in [4.78, 5) is 20.3. The molecule has 0 atom stereocenters. The van der Waals surface area contributed by atoms with E-state index in [2.05, 4.69) is 50.8 Å². The van der Waals surface area contributed by atoms with Crippen molar-refractivity contribution in [3.63, 3.8) is 0 Å². The van der Waals surface area contributed by atoms with Crippen molar-refractivity contribution in [1.82, 2.24) is 4.90 Å². The molecule has 0 spiro atoms. The van der Waals surface area contributed by atoms with Gasteiger partial charge in [0.25, 0.3) is 0 Å². The van der Waals surface area contributed by atoms with Crippen molar-refractivity contribution in [2.75, 3.05) is 40.5 Å². The molecule has 1 aromatic rings. The summed E-state index contributed by atoms with van der Waals surface area (Å²) in [6.07, 6.45) is 0. The summed E-state index contributed by atoms with van der Waals surface area (Å²) in [5, 5.41) is 14.8. The summed E-state index contributed by atoms with van der Waals surface area (Å²) in [7, 11) is 4.08. The van der Waals surface area contributed by atoms with Gasteiger partial charge >= 0.3 is 11.9 Å². The van der Waals surface area contributed by atoms with Crippen molar-refractivity contribution >= 4 is 11.9 Å². The molecule has 0 aliphatic heterocycles. The largest absolute Gasteiger partial charge is 0.491 e. The van der Waals surface area contributed by atoms with Crippen LogP contribution in [0.4, 0.5) is 0 Å². The Morgan fingerprint density at radius 3 is 2.04 bits per heavy atom. The van der Waals surface area contributed by atoms with Crippen LogP contribution in [0.5, 0.6) is 5.75 Å². The van der Waals surface area contributed by atoms with Crippen LogP contribution in [0.25, 0.3) is 0 Å². The monoisotopic (exact) mass is 369 g/mol. The summed E-state index contributed by atoms with van der Waals surface area (Å²) in [5.74, 6) is -2.70. The molecule has 2 N–H and O–H groups in total. The Hall–Kier alpha value is -2.12. The van der Waals surface area contributed by atoms with Crippen LogP contribution in [-0.2, 0) is 19.7 Å². The smallest absolute Gasteiger partial charge is 0.414 e. The molecule has 0 aliphatic carbocycles. The summed E-state index contributed by atoms with van der Waals surface area (Å²) >= 11 is 0. The van der Waals surface area contributed by atoms with E-state index in [4.69, 9.17) is 29.3 Å². The van der Waals surface area contributed by atoms with Crippen molar-refractivity contribution in [2.24, 2.45) is 0 Å². The maximum atomic E-state index is 9.10. The zero-order valence-corrected chi connectivity index (χ0v) is 16.5. The lowest BCUT2D eigenvalue weighted by atomic mass is 9.86. The van der Waals surface area contributed by atoms with Crippen LogP contribution < -0.4 is 4.74 Å². The van der Waals surface area contributed by atoms with Gasteiger partial charge in [0.15, 0.2) is 0 Å². The first-order valence-corrected chi connectivity index (χ1v) is 8.37. The van der Waals surface area contributed by atoms with E-state index in [1.165, 1.54) is 11.1 Å². The molecule has 7 nitrogen and oxygen atoms in total. The molecule has 1 rings (SSSR count). The number of nitrogens with zero attached hydrogens (tertiary/aromatic N) is 1. The van der Waals surface area contributed by atoms with Crippen LogP contribution in [0, 0.1) is 6.92 Å². The highest BCUT2D eigenvalue weighted by molar-refractivity contribution is 6.27. The third kappa shape index (κ3) is 10.7. The van der Waals surface area contributed by atoms with Crippen LogP contribution in [-0.4, -0.2) is 67.5 Å². The molecule has 26 heavy (non-hydrogen) atoms. The number of carboxylic acids is 2. The lowest BCUT2D eigenvalue weighted by Gasteiger charge is -2.20. The Balaban J connectivity index is 0.000000896. The first-order valence-electron chi connectivity index (χ1n) is 8.37. The zero-order valence-electron chi connectivity index (χ0n) is 16.5. The Labute approximate surface area is 155 Å². The number of aliphatic carboxylic acids is 2. The topological polar surface area (TPSA) is 96.3 Å². The molecule has 0 aliphatic rings. The summed E-state index contributed by atoms with van der Waals surface area (Å²) in [5.41, 5.74) is 2.70. The Morgan fingerprint density at radius 1 is 1.04 bits per heavy atom. The van der Waals surface area contributed by atoms with Crippen molar-refractivity contribution in [3.05, 3.63) is 29.3 Å². The third-order valence-corrected chi connectivity index (χ3v) is 3.39. The van der Waals surface area contributed by atoms with Gasteiger partial charge in [0.2, 0.25) is 0 Å². The minimum atomic E-state index is -1.82. The maximum absolute atomic E-state index is 9.10. The van der Waals surface area contributed by atoms with E-state index >= 15 is 0 Å². The fourth-order valence-electron chi connectivity index (χ4n) is 1.84. The van der Waals surface area contributed by atoms with Gasteiger partial charge in [-0.05, 0) is 43.6 Å². The van der Waals surface area contributed by atoms with Gasteiger partial charge in [0.1, 0.15) is 12.4 Å². The number of hydrogen-bond acceptors (Lipinski definition) is 5. The van der Waals surface area contributed by atoms with Crippen molar-refractivity contribution < 1.29 is 29.3 Å². The fourth-order valence-corrected chi connectivity index (χ4v) is 1.84. The van der Waals surface area contributed by atoms with E-state index in [1.807, 2.05) is 14.1 Å². The van der Waals surface area contributed by atoms with Crippen LogP contribution in [0.3, 0.4) is 0 Å². The van der Waals surface area contributed by atoms with Crippen LogP contribution in [0.1, 0.15) is 31.9 Å². The second-order valence-corrected chi connectivity index (χ2v) is 7.10. The van der Waals surface area contributed by atoms with E-state index in [0.29, 0.717) is 13.2 Å². The Kier molecular flexibility index (Phi) is 10.6. The average molecular weight is 369 g/mol. The SMILES string of the molecule is Cc1cc(C(C)(C)C)ccc1OCCOCCN(C)C.O=C(O)C(=O)O. The summed E-state index contributed by atoms with van der Waals surface area (Å²) in [6, 6.07) is 6.42. The molecule has 0 amide bonds. The van der Waals surface area contributed by atoms with Crippen LogP contribution in [0.2, 0.25) is 0 Å². The fraction of sp³-hybridized carbons (Fsp3) is 0.579. The molecule has 0 saturated heterocycles. The lowest BCUT2D eigenvalue weighted by Crippen LogP contribution is -2.19. The minimum Gasteiger partial charge on any atom is -0.491 e. The number of aryl methyl sites for hydroxylation is 1. The van der Waals surface area contributed by atoms with E-state index in [9.17, 15) is 0 Å². The molecule has 0 aromatic heterocycles. The molecule has 1 aromatic carbocycles. The van der Waals surface area contributed by atoms with Gasteiger partial charge < -0.3 is 24.6 Å². The minimum absolute atomic E-state index is 0.179. The van der Waals surface area contributed by atoms with Crippen molar-refractivity contribution in [3.8, 4) is 5.75 Å². The highest BCUT2D eigenvalue weighted by atomic mass is 16.5. The summed E-state index contributed by atoms with van der Waals surface area (Å²) < 4.78 is 11.3. The zero-order chi connectivity index (χ0) is 20.3. The molecule has 0 heterocycles. The lowest BCUT2D eigenvalue weighted by molar-refractivity contribution is -0.159. The highest BCUT2D eigenvalue weighted by Crippen LogP contribution is 2.27. The van der Waals surface area contributed by atoms with Crippen molar-refractivity contribution in [1.29, 1.82) is 0 Å². The van der Waals surface area contributed by atoms with E-state index in [0.717, 1.165) is 18.9 Å². The van der Waals surface area contributed by atoms with Gasteiger partial charge in [0.05, 0.1) is 13.2 Å². The second-order valence-electron chi connectivity index (χ2n) is 7.10. The molecule has 148 valence electrons. The van der Waals surface area contributed by atoms with E-state index < -0.39 is 11.9 Å². The third-order valence-electron chi connectivity index (χ3n) is 3.39. The Bertz CT molecular complexity index is 566. The van der Waals surface area contributed by atoms with Crippen LogP contribution >= 0.6 is 0 Å². The molecule has 0 fully saturated rings. The molecule has 7 heteroatoms. The molecule has 0 unspecified atom stereocenters. The number of ether oxygens (including phenoxy) is 2. The second kappa shape index (κ2) is 11.5. The number of carboxylic acid groups (broad SMARTS) is 2. The van der Waals surface area contributed by atoms with Gasteiger partial charge in [-0.25, -0.2) is 9.59 Å². The molecule has 0 bridgehead atoms. The van der Waals surface area contributed by atoms with Gasteiger partial charge in [-0.2, -0.15) is 0 Å². The predicted octanol–water partition coefficient (Wildman–Crippen LogP) is 2.41. The van der Waals surface area contributed by atoms with Gasteiger partial charge in [0, 0.05) is 6.54 Å². The van der Waals surface area contributed by atoms with Crippen LogP contribution in [0.15, 0.2) is 18.2 Å². The first kappa shape index (κ1) is 23.9. The number of benzene rings is 1. The molecular formula is C19H31NO6. The van der Waals surface area contributed by atoms with E-state index in [-0.39, 0.29) is 5.41 Å². The maximum Gasteiger partial charge on any atom is 0.414 e. The Morgan fingerprint density at radius 2 is 1.62 bits per heavy atom. The molecule has 0 radical (unpaired) electrons. The number of rotatable bonds is 7. The van der Waals surface area contributed by atoms with Crippen molar-refractivity contribution in [2.45, 2.75) is 33.1 Å². The number of carbonyl (C=O) groups is 2. The number of hydrogen-bond donors (Lipinski definition) is 2.